The summed E-state index contributed by atoms with van der Waals surface area (Å²) in [5, 5.41) is 7.82. The van der Waals surface area contributed by atoms with Crippen molar-refractivity contribution in [2.45, 2.75) is 19.8 Å². The molecule has 2 aromatic heterocycles. The standard InChI is InChI=1S/C13H16N4O/c1-9-3-6-17(7-4-9)13(18)12-10-8-14-5-2-11(10)15-16-12/h2,5,8-9H,3-4,6-7H2,1H3,(H,15,16). The molecule has 0 bridgehead atoms. The van der Waals surface area contributed by atoms with Gasteiger partial charge in [0.15, 0.2) is 5.69 Å². The molecule has 3 heterocycles. The largest absolute Gasteiger partial charge is 0.337 e. The monoisotopic (exact) mass is 244 g/mol. The molecule has 1 aliphatic rings. The van der Waals surface area contributed by atoms with E-state index in [1.54, 1.807) is 12.4 Å². The molecule has 94 valence electrons. The highest BCUT2D eigenvalue weighted by molar-refractivity contribution is 6.04. The fraction of sp³-hybridized carbons (Fsp3) is 0.462. The topological polar surface area (TPSA) is 61.9 Å². The average Bonchev–Trinajstić information content (AvgIpc) is 2.82. The molecule has 0 saturated carbocycles. The Morgan fingerprint density at radius 1 is 1.44 bits per heavy atom. The predicted octanol–water partition coefficient (Wildman–Crippen LogP) is 1.83. The number of piperidine rings is 1. The summed E-state index contributed by atoms with van der Waals surface area (Å²) < 4.78 is 0. The third-order valence-corrected chi connectivity index (χ3v) is 3.64. The second-order valence-corrected chi connectivity index (χ2v) is 4.97. The van der Waals surface area contributed by atoms with E-state index in [-0.39, 0.29) is 5.91 Å². The fourth-order valence-electron chi connectivity index (χ4n) is 2.38. The first-order valence-electron chi connectivity index (χ1n) is 6.33. The molecule has 2 aromatic rings. The molecule has 0 atom stereocenters. The van der Waals surface area contributed by atoms with Crippen LogP contribution in [0.25, 0.3) is 10.9 Å². The lowest BCUT2D eigenvalue weighted by Crippen LogP contribution is -2.38. The van der Waals surface area contributed by atoms with Crippen LogP contribution >= 0.6 is 0 Å². The van der Waals surface area contributed by atoms with Gasteiger partial charge < -0.3 is 4.90 Å². The molecule has 1 saturated heterocycles. The van der Waals surface area contributed by atoms with Crippen molar-refractivity contribution >= 4 is 16.8 Å². The highest BCUT2D eigenvalue weighted by Gasteiger charge is 2.24. The third kappa shape index (κ3) is 1.85. The fourth-order valence-corrected chi connectivity index (χ4v) is 2.38. The van der Waals surface area contributed by atoms with Crippen molar-refractivity contribution in [3.05, 3.63) is 24.2 Å². The van der Waals surface area contributed by atoms with Crippen LogP contribution in [0.4, 0.5) is 0 Å². The van der Waals surface area contributed by atoms with E-state index in [9.17, 15) is 4.79 Å². The number of aromatic amines is 1. The summed E-state index contributed by atoms with van der Waals surface area (Å²) in [6, 6.07) is 1.83. The summed E-state index contributed by atoms with van der Waals surface area (Å²) in [6.45, 7) is 3.89. The van der Waals surface area contributed by atoms with Crippen molar-refractivity contribution < 1.29 is 4.79 Å². The predicted molar refractivity (Wildman–Crippen MR) is 68.2 cm³/mol. The van der Waals surface area contributed by atoms with Crippen LogP contribution in [0.5, 0.6) is 0 Å². The quantitative estimate of drug-likeness (QED) is 0.832. The summed E-state index contributed by atoms with van der Waals surface area (Å²) in [6.07, 6.45) is 5.54. The van der Waals surface area contributed by atoms with E-state index < -0.39 is 0 Å². The lowest BCUT2D eigenvalue weighted by atomic mass is 9.99. The van der Waals surface area contributed by atoms with Crippen molar-refractivity contribution in [1.29, 1.82) is 0 Å². The molecule has 5 nitrogen and oxygen atoms in total. The summed E-state index contributed by atoms with van der Waals surface area (Å²) in [7, 11) is 0. The van der Waals surface area contributed by atoms with Crippen LogP contribution in [0.1, 0.15) is 30.3 Å². The van der Waals surface area contributed by atoms with Gasteiger partial charge in [0.2, 0.25) is 0 Å². The second-order valence-electron chi connectivity index (χ2n) is 4.97. The first-order chi connectivity index (χ1) is 8.75. The molecule has 18 heavy (non-hydrogen) atoms. The minimum Gasteiger partial charge on any atom is -0.337 e. The zero-order valence-electron chi connectivity index (χ0n) is 10.4. The number of hydrogen-bond donors (Lipinski definition) is 1. The molecule has 0 unspecified atom stereocenters. The van der Waals surface area contributed by atoms with Gasteiger partial charge in [0.05, 0.1) is 10.9 Å². The molecule has 0 spiro atoms. The van der Waals surface area contributed by atoms with Gasteiger partial charge in [-0.25, -0.2) is 0 Å². The van der Waals surface area contributed by atoms with Gasteiger partial charge >= 0.3 is 0 Å². The number of carbonyl (C=O) groups excluding carboxylic acids is 1. The van der Waals surface area contributed by atoms with E-state index in [4.69, 9.17) is 0 Å². The maximum atomic E-state index is 12.4. The number of fused-ring (bicyclic) bond motifs is 1. The smallest absolute Gasteiger partial charge is 0.275 e. The van der Waals surface area contributed by atoms with Crippen LogP contribution in [0.2, 0.25) is 0 Å². The Labute approximate surface area is 105 Å². The van der Waals surface area contributed by atoms with E-state index in [1.165, 1.54) is 0 Å². The Hall–Kier alpha value is -1.91. The molecular formula is C13H16N4O. The molecule has 0 radical (unpaired) electrons. The highest BCUT2D eigenvalue weighted by Crippen LogP contribution is 2.20. The molecule has 1 fully saturated rings. The van der Waals surface area contributed by atoms with Gasteiger partial charge in [0.1, 0.15) is 0 Å². The SMILES string of the molecule is CC1CCN(C(=O)c2n[nH]c3ccncc23)CC1. The number of aromatic nitrogens is 3. The molecule has 5 heteroatoms. The molecule has 0 aliphatic carbocycles. The molecule has 0 aromatic carbocycles. The van der Waals surface area contributed by atoms with Crippen molar-refractivity contribution in [2.24, 2.45) is 5.92 Å². The van der Waals surface area contributed by atoms with E-state index in [0.29, 0.717) is 11.6 Å². The molecule has 1 aliphatic heterocycles. The van der Waals surface area contributed by atoms with Gasteiger partial charge in [-0.3, -0.25) is 14.9 Å². The molecule has 3 rings (SSSR count). The van der Waals surface area contributed by atoms with Crippen LogP contribution in [-0.2, 0) is 0 Å². The first kappa shape index (κ1) is 11.2. The number of pyridine rings is 1. The summed E-state index contributed by atoms with van der Waals surface area (Å²) in [5.41, 5.74) is 1.35. The van der Waals surface area contributed by atoms with Gasteiger partial charge in [-0.1, -0.05) is 6.92 Å². The van der Waals surface area contributed by atoms with Crippen molar-refractivity contribution in [3.8, 4) is 0 Å². The van der Waals surface area contributed by atoms with Crippen molar-refractivity contribution in [1.82, 2.24) is 20.1 Å². The minimum atomic E-state index is 0.0150. The van der Waals surface area contributed by atoms with Gasteiger partial charge in [-0.2, -0.15) is 5.10 Å². The second kappa shape index (κ2) is 4.40. The minimum absolute atomic E-state index is 0.0150. The Kier molecular flexibility index (Phi) is 2.74. The van der Waals surface area contributed by atoms with Crippen LogP contribution in [0.15, 0.2) is 18.5 Å². The zero-order chi connectivity index (χ0) is 12.5. The number of H-pyrrole nitrogens is 1. The van der Waals surface area contributed by atoms with Crippen LogP contribution in [0.3, 0.4) is 0 Å². The number of nitrogens with zero attached hydrogens (tertiary/aromatic N) is 3. The maximum Gasteiger partial charge on any atom is 0.275 e. The number of amides is 1. The van der Waals surface area contributed by atoms with Crippen molar-refractivity contribution in [3.63, 3.8) is 0 Å². The molecular weight excluding hydrogens is 228 g/mol. The summed E-state index contributed by atoms with van der Waals surface area (Å²) >= 11 is 0. The number of hydrogen-bond acceptors (Lipinski definition) is 3. The zero-order valence-corrected chi connectivity index (χ0v) is 10.4. The molecule has 1 N–H and O–H groups in total. The third-order valence-electron chi connectivity index (χ3n) is 3.64. The average molecular weight is 244 g/mol. The van der Waals surface area contributed by atoms with Crippen LogP contribution in [0, 0.1) is 5.92 Å². The Morgan fingerprint density at radius 3 is 3.00 bits per heavy atom. The number of carbonyl (C=O) groups is 1. The van der Waals surface area contributed by atoms with Gasteiger partial charge in [0.25, 0.3) is 5.91 Å². The number of rotatable bonds is 1. The lowest BCUT2D eigenvalue weighted by Gasteiger charge is -2.29. The normalized spacial score (nSPS) is 17.3. The first-order valence-corrected chi connectivity index (χ1v) is 6.33. The van der Waals surface area contributed by atoms with Crippen LogP contribution < -0.4 is 0 Å². The maximum absolute atomic E-state index is 12.4. The lowest BCUT2D eigenvalue weighted by molar-refractivity contribution is 0.0693. The van der Waals surface area contributed by atoms with Gasteiger partial charge in [-0.05, 0) is 24.8 Å². The Bertz CT molecular complexity index is 569. The van der Waals surface area contributed by atoms with Gasteiger partial charge in [0, 0.05) is 25.5 Å². The Morgan fingerprint density at radius 2 is 2.22 bits per heavy atom. The Balaban J connectivity index is 1.88. The van der Waals surface area contributed by atoms with E-state index >= 15 is 0 Å². The summed E-state index contributed by atoms with van der Waals surface area (Å²) in [4.78, 5) is 18.3. The van der Waals surface area contributed by atoms with Crippen LogP contribution in [-0.4, -0.2) is 39.1 Å². The van der Waals surface area contributed by atoms with Crippen molar-refractivity contribution in [2.75, 3.05) is 13.1 Å². The highest BCUT2D eigenvalue weighted by atomic mass is 16.2. The van der Waals surface area contributed by atoms with Gasteiger partial charge in [-0.15, -0.1) is 0 Å². The number of likely N-dealkylation sites (tertiary alicyclic amines) is 1. The van der Waals surface area contributed by atoms with E-state index in [0.717, 1.165) is 36.8 Å². The van der Waals surface area contributed by atoms with E-state index in [1.807, 2.05) is 11.0 Å². The number of nitrogens with one attached hydrogen (secondary N) is 1. The summed E-state index contributed by atoms with van der Waals surface area (Å²) in [5.74, 6) is 0.729. The molecule has 1 amide bonds. The van der Waals surface area contributed by atoms with E-state index in [2.05, 4.69) is 22.1 Å².